The third kappa shape index (κ3) is 2.57. The first-order valence-electron chi connectivity index (χ1n) is 8.40. The number of likely N-dealkylation sites (N-methyl/N-ethyl adjacent to an activating group) is 1. The molecule has 1 aromatic heterocycles. The first kappa shape index (κ1) is 16.0. The SMILES string of the molecule is COc1c2c(cc3c1[C@@H](CC(=O)c1ccco1)[N+](C)(C)CC3)OCO2. The number of ether oxygens (including phenoxy) is 3. The Labute approximate surface area is 146 Å². The monoisotopic (exact) mass is 344 g/mol. The van der Waals surface area contributed by atoms with Crippen molar-refractivity contribution in [1.82, 2.24) is 0 Å². The predicted molar refractivity (Wildman–Crippen MR) is 90.2 cm³/mol. The molecule has 25 heavy (non-hydrogen) atoms. The zero-order valence-corrected chi connectivity index (χ0v) is 14.7. The molecular formula is C19H22NO5+. The van der Waals surface area contributed by atoms with Crippen molar-refractivity contribution in [3.8, 4) is 17.2 Å². The van der Waals surface area contributed by atoms with Crippen molar-refractivity contribution in [2.45, 2.75) is 18.9 Å². The van der Waals surface area contributed by atoms with Gasteiger partial charge in [-0.25, -0.2) is 0 Å². The molecule has 0 aliphatic carbocycles. The largest absolute Gasteiger partial charge is 0.492 e. The molecule has 6 heteroatoms. The summed E-state index contributed by atoms with van der Waals surface area (Å²) < 4.78 is 22.9. The van der Waals surface area contributed by atoms with Gasteiger partial charge in [0.1, 0.15) is 6.04 Å². The number of fused-ring (bicyclic) bond motifs is 2. The fourth-order valence-corrected chi connectivity index (χ4v) is 3.83. The molecule has 0 spiro atoms. The number of hydrogen-bond donors (Lipinski definition) is 0. The minimum Gasteiger partial charge on any atom is -0.492 e. The quantitative estimate of drug-likeness (QED) is 0.630. The molecule has 1 atom stereocenters. The molecule has 0 amide bonds. The van der Waals surface area contributed by atoms with Gasteiger partial charge in [-0.2, -0.15) is 0 Å². The van der Waals surface area contributed by atoms with Gasteiger partial charge in [-0.1, -0.05) is 0 Å². The number of methoxy groups -OCH3 is 1. The van der Waals surface area contributed by atoms with Crippen LogP contribution in [0.25, 0.3) is 0 Å². The fraction of sp³-hybridized carbons (Fsp3) is 0.421. The second-order valence-corrected chi connectivity index (χ2v) is 7.09. The maximum Gasteiger partial charge on any atom is 0.231 e. The van der Waals surface area contributed by atoms with E-state index in [1.165, 1.54) is 6.26 Å². The van der Waals surface area contributed by atoms with Gasteiger partial charge in [0.25, 0.3) is 0 Å². The highest BCUT2D eigenvalue weighted by Crippen LogP contribution is 2.51. The van der Waals surface area contributed by atoms with Gasteiger partial charge in [0.2, 0.25) is 18.3 Å². The third-order valence-corrected chi connectivity index (χ3v) is 5.26. The minimum absolute atomic E-state index is 0.00577. The van der Waals surface area contributed by atoms with Gasteiger partial charge < -0.3 is 23.1 Å². The smallest absolute Gasteiger partial charge is 0.231 e. The van der Waals surface area contributed by atoms with Crippen molar-refractivity contribution in [1.29, 1.82) is 0 Å². The average molecular weight is 344 g/mol. The van der Waals surface area contributed by atoms with Gasteiger partial charge in [-0.05, 0) is 23.8 Å². The first-order chi connectivity index (χ1) is 12.0. The van der Waals surface area contributed by atoms with Gasteiger partial charge in [0.05, 0.1) is 46.0 Å². The minimum atomic E-state index is -0.0363. The molecular weight excluding hydrogens is 322 g/mol. The summed E-state index contributed by atoms with van der Waals surface area (Å²) in [6.07, 6.45) is 2.78. The first-order valence-corrected chi connectivity index (χ1v) is 8.40. The van der Waals surface area contributed by atoms with E-state index in [0.717, 1.165) is 29.8 Å². The van der Waals surface area contributed by atoms with Crippen LogP contribution >= 0.6 is 0 Å². The van der Waals surface area contributed by atoms with E-state index in [1.807, 2.05) is 6.07 Å². The molecule has 0 fully saturated rings. The molecule has 6 nitrogen and oxygen atoms in total. The van der Waals surface area contributed by atoms with Gasteiger partial charge in [-0.3, -0.25) is 4.79 Å². The number of ketones is 1. The highest BCUT2D eigenvalue weighted by atomic mass is 16.7. The molecule has 2 aliphatic heterocycles. The van der Waals surface area contributed by atoms with E-state index in [4.69, 9.17) is 18.6 Å². The fourth-order valence-electron chi connectivity index (χ4n) is 3.83. The number of rotatable bonds is 4. The molecule has 0 saturated heterocycles. The van der Waals surface area contributed by atoms with E-state index < -0.39 is 0 Å². The zero-order chi connectivity index (χ0) is 17.6. The van der Waals surface area contributed by atoms with Crippen molar-refractivity contribution < 1.29 is 27.9 Å². The van der Waals surface area contributed by atoms with E-state index >= 15 is 0 Å². The van der Waals surface area contributed by atoms with Crippen LogP contribution in [0.3, 0.4) is 0 Å². The standard InChI is InChI=1S/C19H22NO5/c1-20(2)7-6-12-9-16-18(25-11-24-16)19(22-3)17(12)13(20)10-14(21)15-5-4-8-23-15/h4-5,8-9,13H,6-7,10-11H2,1-3H3/q+1/t13-/m1/s1. The molecule has 0 N–H and O–H groups in total. The normalized spacial score (nSPS) is 20.2. The third-order valence-electron chi connectivity index (χ3n) is 5.26. The summed E-state index contributed by atoms with van der Waals surface area (Å²) in [5.74, 6) is 2.44. The summed E-state index contributed by atoms with van der Waals surface area (Å²) in [4.78, 5) is 12.7. The van der Waals surface area contributed by atoms with Crippen molar-refractivity contribution in [3.05, 3.63) is 41.3 Å². The summed E-state index contributed by atoms with van der Waals surface area (Å²) in [7, 11) is 5.93. The second kappa shape index (κ2) is 5.81. The lowest BCUT2D eigenvalue weighted by Crippen LogP contribution is -2.48. The molecule has 3 heterocycles. The van der Waals surface area contributed by atoms with Crippen LogP contribution in [0.1, 0.15) is 34.1 Å². The Kier molecular flexibility index (Phi) is 3.72. The van der Waals surface area contributed by atoms with Crippen molar-refractivity contribution in [2.75, 3.05) is 34.5 Å². The van der Waals surface area contributed by atoms with E-state index in [0.29, 0.717) is 28.2 Å². The summed E-state index contributed by atoms with van der Waals surface area (Å²) >= 11 is 0. The van der Waals surface area contributed by atoms with Gasteiger partial charge in [0.15, 0.2) is 17.3 Å². The Morgan fingerprint density at radius 1 is 1.36 bits per heavy atom. The number of benzene rings is 1. The zero-order valence-electron chi connectivity index (χ0n) is 14.7. The van der Waals surface area contributed by atoms with E-state index in [2.05, 4.69) is 14.1 Å². The Bertz CT molecular complexity index is 810. The van der Waals surface area contributed by atoms with Crippen LogP contribution in [0.4, 0.5) is 0 Å². The lowest BCUT2D eigenvalue weighted by Gasteiger charge is -2.43. The van der Waals surface area contributed by atoms with Crippen molar-refractivity contribution >= 4 is 5.78 Å². The Morgan fingerprint density at radius 2 is 2.20 bits per heavy atom. The van der Waals surface area contributed by atoms with Crippen molar-refractivity contribution in [3.63, 3.8) is 0 Å². The predicted octanol–water partition coefficient (Wildman–Crippen LogP) is 2.96. The summed E-state index contributed by atoms with van der Waals surface area (Å²) in [6, 6.07) is 5.44. The van der Waals surface area contributed by atoms with E-state index in [9.17, 15) is 4.79 Å². The van der Waals surface area contributed by atoms with E-state index in [1.54, 1.807) is 19.2 Å². The Morgan fingerprint density at radius 3 is 2.92 bits per heavy atom. The number of hydrogen-bond acceptors (Lipinski definition) is 5. The van der Waals surface area contributed by atoms with Crippen LogP contribution < -0.4 is 14.2 Å². The Hall–Kier alpha value is -2.47. The molecule has 2 aliphatic rings. The summed E-state index contributed by atoms with van der Waals surface area (Å²) in [6.45, 7) is 1.13. The van der Waals surface area contributed by atoms with Crippen LogP contribution in [0, 0.1) is 0 Å². The van der Waals surface area contributed by atoms with Gasteiger partial charge in [-0.15, -0.1) is 0 Å². The maximum atomic E-state index is 12.7. The maximum absolute atomic E-state index is 12.7. The van der Waals surface area contributed by atoms with Crippen LogP contribution in [0.2, 0.25) is 0 Å². The average Bonchev–Trinajstić information content (AvgIpc) is 3.26. The highest BCUT2D eigenvalue weighted by Gasteiger charge is 2.42. The van der Waals surface area contributed by atoms with Crippen LogP contribution in [0.5, 0.6) is 17.2 Å². The molecule has 0 radical (unpaired) electrons. The number of nitrogens with zero attached hydrogens (tertiary/aromatic N) is 1. The Balaban J connectivity index is 1.80. The number of Topliss-reactive ketones (excluding diaryl/α,β-unsaturated/α-hetero) is 1. The summed E-state index contributed by atoms with van der Waals surface area (Å²) in [5.41, 5.74) is 2.21. The number of furan rings is 1. The molecule has 4 rings (SSSR count). The van der Waals surface area contributed by atoms with Crippen LogP contribution in [-0.2, 0) is 6.42 Å². The molecule has 1 aromatic carbocycles. The molecule has 0 bridgehead atoms. The molecule has 0 unspecified atom stereocenters. The highest BCUT2D eigenvalue weighted by molar-refractivity contribution is 5.94. The van der Waals surface area contributed by atoms with E-state index in [-0.39, 0.29) is 18.6 Å². The number of carbonyl (C=O) groups is 1. The van der Waals surface area contributed by atoms with Crippen LogP contribution in [0.15, 0.2) is 28.9 Å². The molecule has 2 aromatic rings. The van der Waals surface area contributed by atoms with Crippen LogP contribution in [-0.4, -0.2) is 44.8 Å². The lowest BCUT2D eigenvalue weighted by atomic mass is 9.86. The van der Waals surface area contributed by atoms with Gasteiger partial charge >= 0.3 is 0 Å². The van der Waals surface area contributed by atoms with Gasteiger partial charge in [0, 0.05) is 6.42 Å². The number of quaternary nitrogens is 1. The van der Waals surface area contributed by atoms with Crippen molar-refractivity contribution in [2.24, 2.45) is 0 Å². The molecule has 0 saturated carbocycles. The lowest BCUT2D eigenvalue weighted by molar-refractivity contribution is -0.922. The number of carbonyl (C=O) groups excluding carboxylic acids is 1. The molecule has 132 valence electrons. The summed E-state index contributed by atoms with van der Waals surface area (Å²) in [5, 5.41) is 0. The topological polar surface area (TPSA) is 57.9 Å². The second-order valence-electron chi connectivity index (χ2n) is 7.09.